The maximum absolute atomic E-state index is 13.2. The van der Waals surface area contributed by atoms with E-state index in [1.54, 1.807) is 11.1 Å². The number of imide groups is 1. The molecule has 3 aliphatic rings. The number of amides is 4. The highest BCUT2D eigenvalue weighted by Crippen LogP contribution is 2.31. The number of ether oxygens (including phenoxy) is 1. The average Bonchev–Trinajstić information content (AvgIpc) is 3.69. The van der Waals surface area contributed by atoms with Crippen LogP contribution in [0.5, 0.6) is 5.75 Å². The standard InChI is InChI=1S/C41H45Cl2N11O5S/c42-34-23-44-24-35(43)33(34)26-59-30-6-7-36-32(21-30)40(50-49-36)27-1-8-37(46-22-27)45-12-13-47-60(58)31-9-14-53(15-10-31)39(56)25-51-17-19-52(20-18-51)28-2-4-29(5-3-28)54-16-11-38(55)48-41(54)57/h1-8,21-24,31,47H,9-20,25-26H2,(H,45,46)(H,49,50)(H,48,55,57). The molecule has 0 saturated carbocycles. The smallest absolute Gasteiger partial charge is 0.328 e. The maximum atomic E-state index is 13.2. The Balaban J connectivity index is 0.725. The Morgan fingerprint density at radius 2 is 1.63 bits per heavy atom. The number of hydrogen-bond donors (Lipinski definition) is 4. The first-order chi connectivity index (χ1) is 29.2. The molecule has 314 valence electrons. The van der Waals surface area contributed by atoms with Crippen LogP contribution >= 0.6 is 23.2 Å². The summed E-state index contributed by atoms with van der Waals surface area (Å²) in [4.78, 5) is 53.4. The van der Waals surface area contributed by atoms with Crippen molar-refractivity contribution in [2.45, 2.75) is 31.1 Å². The van der Waals surface area contributed by atoms with E-state index in [0.29, 0.717) is 79.3 Å². The summed E-state index contributed by atoms with van der Waals surface area (Å²) in [6.45, 7) is 6.25. The van der Waals surface area contributed by atoms with Gasteiger partial charge in [-0.3, -0.25) is 34.8 Å². The van der Waals surface area contributed by atoms with Gasteiger partial charge in [-0.05, 0) is 67.4 Å². The highest BCUT2D eigenvalue weighted by molar-refractivity contribution is 7.83. The minimum Gasteiger partial charge on any atom is -0.489 e. The highest BCUT2D eigenvalue weighted by Gasteiger charge is 2.29. The molecule has 19 heteroatoms. The minimum absolute atomic E-state index is 0.0194. The number of fused-ring (bicyclic) bond motifs is 1. The second-order valence-corrected chi connectivity index (χ2v) is 17.2. The maximum Gasteiger partial charge on any atom is 0.328 e. The summed E-state index contributed by atoms with van der Waals surface area (Å²) in [7, 11) is -1.22. The van der Waals surface area contributed by atoms with Crippen molar-refractivity contribution >= 4 is 80.1 Å². The highest BCUT2D eigenvalue weighted by atomic mass is 35.5. The summed E-state index contributed by atoms with van der Waals surface area (Å²) in [6.07, 6.45) is 6.48. The molecule has 3 aliphatic heterocycles. The minimum atomic E-state index is -1.22. The van der Waals surface area contributed by atoms with Gasteiger partial charge in [0.2, 0.25) is 11.8 Å². The van der Waals surface area contributed by atoms with Crippen molar-refractivity contribution in [2.24, 2.45) is 0 Å². The molecule has 3 aromatic heterocycles. The molecule has 5 aromatic rings. The van der Waals surface area contributed by atoms with Gasteiger partial charge in [0.05, 0.1) is 38.3 Å². The number of hydrogen-bond acceptors (Lipinski definition) is 11. The summed E-state index contributed by atoms with van der Waals surface area (Å²) in [6, 6.07) is 16.9. The van der Waals surface area contributed by atoms with Crippen LogP contribution in [0.25, 0.3) is 22.2 Å². The van der Waals surface area contributed by atoms with E-state index in [1.165, 1.54) is 12.4 Å². The number of halogens is 2. The first kappa shape index (κ1) is 41.4. The van der Waals surface area contributed by atoms with Gasteiger partial charge in [0.1, 0.15) is 23.9 Å². The number of nitrogens with zero attached hydrogens (tertiary/aromatic N) is 7. The number of pyridine rings is 2. The number of aromatic amines is 1. The molecule has 0 radical (unpaired) electrons. The van der Waals surface area contributed by atoms with E-state index in [4.69, 9.17) is 27.9 Å². The van der Waals surface area contributed by atoms with Gasteiger partial charge >= 0.3 is 6.03 Å². The molecule has 1 unspecified atom stereocenters. The Morgan fingerprint density at radius 3 is 2.35 bits per heavy atom. The van der Waals surface area contributed by atoms with Gasteiger partial charge in [-0.15, -0.1) is 0 Å². The van der Waals surface area contributed by atoms with Crippen LogP contribution in [0.15, 0.2) is 73.2 Å². The van der Waals surface area contributed by atoms with Gasteiger partial charge in [-0.25, -0.2) is 18.7 Å². The zero-order valence-corrected chi connectivity index (χ0v) is 35.1. The number of piperidine rings is 1. The molecule has 3 saturated heterocycles. The van der Waals surface area contributed by atoms with Crippen molar-refractivity contribution in [3.05, 3.63) is 88.8 Å². The Kier molecular flexibility index (Phi) is 13.1. The molecule has 4 amide bonds. The fourth-order valence-electron chi connectivity index (χ4n) is 7.56. The summed E-state index contributed by atoms with van der Waals surface area (Å²) < 4.78 is 22.2. The van der Waals surface area contributed by atoms with Crippen LogP contribution in [-0.2, 0) is 27.2 Å². The van der Waals surface area contributed by atoms with Gasteiger partial charge in [0, 0.05) is 112 Å². The third kappa shape index (κ3) is 9.82. The van der Waals surface area contributed by atoms with Crippen molar-refractivity contribution in [2.75, 3.05) is 80.6 Å². The topological polar surface area (TPSA) is 181 Å². The summed E-state index contributed by atoms with van der Waals surface area (Å²) in [5, 5.41) is 15.0. The van der Waals surface area contributed by atoms with E-state index in [9.17, 15) is 18.6 Å². The lowest BCUT2D eigenvalue weighted by molar-refractivity contribution is -0.133. The first-order valence-electron chi connectivity index (χ1n) is 19.9. The second kappa shape index (κ2) is 18.9. The number of benzene rings is 2. The van der Waals surface area contributed by atoms with Crippen LogP contribution in [0.2, 0.25) is 10.0 Å². The quantitative estimate of drug-likeness (QED) is 0.112. The van der Waals surface area contributed by atoms with Crippen molar-refractivity contribution in [1.29, 1.82) is 0 Å². The number of carbonyl (C=O) groups excluding carboxylic acids is 3. The molecule has 0 bridgehead atoms. The predicted molar refractivity (Wildman–Crippen MR) is 233 cm³/mol. The molecule has 3 fully saturated rings. The number of rotatable bonds is 14. The van der Waals surface area contributed by atoms with Crippen LogP contribution in [-0.4, -0.2) is 123 Å². The van der Waals surface area contributed by atoms with E-state index < -0.39 is 17.0 Å². The van der Waals surface area contributed by atoms with Crippen LogP contribution in [0.3, 0.4) is 0 Å². The van der Waals surface area contributed by atoms with E-state index >= 15 is 0 Å². The van der Waals surface area contributed by atoms with Crippen LogP contribution in [0, 0.1) is 0 Å². The molecule has 1 atom stereocenters. The number of urea groups is 1. The van der Waals surface area contributed by atoms with Gasteiger partial charge in [0.25, 0.3) is 0 Å². The number of piperazine rings is 1. The molecule has 0 aliphatic carbocycles. The molecule has 0 spiro atoms. The largest absolute Gasteiger partial charge is 0.489 e. The number of H-pyrrole nitrogens is 1. The Bertz CT molecular complexity index is 2330. The Hall–Kier alpha value is -5.33. The molecule has 8 rings (SSSR count). The SMILES string of the molecule is O=C1CCN(c2ccc(N3CCN(CC(=O)N4CCC(S(=O)NCCNc5ccc(-c6n[nH]c7ccc(OCc8c(Cl)cncc8Cl)cc67)cn5)CC4)CC3)cc2)C(=O)N1. The molecular weight excluding hydrogens is 829 g/mol. The monoisotopic (exact) mass is 873 g/mol. The van der Waals surface area contributed by atoms with Crippen molar-refractivity contribution in [1.82, 2.24) is 40.0 Å². The third-order valence-corrected chi connectivity index (χ3v) is 13.2. The zero-order chi connectivity index (χ0) is 41.6. The first-order valence-corrected chi connectivity index (χ1v) is 21.8. The summed E-state index contributed by atoms with van der Waals surface area (Å²) >= 11 is 12.5. The van der Waals surface area contributed by atoms with Gasteiger partial charge in [-0.1, -0.05) is 23.2 Å². The van der Waals surface area contributed by atoms with Gasteiger partial charge < -0.3 is 19.9 Å². The molecule has 2 aromatic carbocycles. The van der Waals surface area contributed by atoms with E-state index in [2.05, 4.69) is 45.3 Å². The molecular formula is C41H45Cl2N11O5S. The number of carbonyl (C=O) groups is 3. The van der Waals surface area contributed by atoms with Gasteiger partial charge in [0.15, 0.2) is 0 Å². The molecule has 16 nitrogen and oxygen atoms in total. The number of anilines is 3. The average molecular weight is 875 g/mol. The lowest BCUT2D eigenvalue weighted by Crippen LogP contribution is -2.51. The van der Waals surface area contributed by atoms with Gasteiger partial charge in [-0.2, -0.15) is 5.10 Å². The fraction of sp³-hybridized carbons (Fsp3) is 0.366. The van der Waals surface area contributed by atoms with Crippen LogP contribution < -0.4 is 29.9 Å². The lowest BCUT2D eigenvalue weighted by Gasteiger charge is -2.38. The van der Waals surface area contributed by atoms with E-state index in [1.807, 2.05) is 59.5 Å². The van der Waals surface area contributed by atoms with E-state index in [-0.39, 0.29) is 30.1 Å². The van der Waals surface area contributed by atoms with Crippen LogP contribution in [0.1, 0.15) is 24.8 Å². The van der Waals surface area contributed by atoms with Crippen molar-refractivity contribution < 1.29 is 23.3 Å². The third-order valence-electron chi connectivity index (χ3n) is 11.0. The molecule has 4 N–H and O–H groups in total. The predicted octanol–water partition coefficient (Wildman–Crippen LogP) is 4.83. The lowest BCUT2D eigenvalue weighted by atomic mass is 10.1. The van der Waals surface area contributed by atoms with E-state index in [0.717, 1.165) is 59.7 Å². The summed E-state index contributed by atoms with van der Waals surface area (Å²) in [5.74, 6) is 1.19. The van der Waals surface area contributed by atoms with Crippen molar-refractivity contribution in [3.8, 4) is 17.0 Å². The number of likely N-dealkylation sites (tertiary alicyclic amines) is 1. The summed E-state index contributed by atoms with van der Waals surface area (Å²) in [5.41, 5.74) is 4.91. The number of aromatic nitrogens is 4. The molecule has 60 heavy (non-hydrogen) atoms. The molecule has 6 heterocycles. The Morgan fingerprint density at radius 1 is 0.883 bits per heavy atom. The number of nitrogens with one attached hydrogen (secondary N) is 4. The zero-order valence-electron chi connectivity index (χ0n) is 32.7. The fourth-order valence-corrected chi connectivity index (χ4v) is 9.21. The normalized spacial score (nSPS) is 17.2. The van der Waals surface area contributed by atoms with Crippen LogP contribution in [0.4, 0.5) is 22.0 Å². The Labute approximate surface area is 359 Å². The second-order valence-electron chi connectivity index (χ2n) is 14.8. The van der Waals surface area contributed by atoms with Crippen molar-refractivity contribution in [3.63, 3.8) is 0 Å².